The highest BCUT2D eigenvalue weighted by molar-refractivity contribution is 6.03. The third kappa shape index (κ3) is 5.06. The van der Waals surface area contributed by atoms with E-state index in [0.29, 0.717) is 5.69 Å². The summed E-state index contributed by atoms with van der Waals surface area (Å²) in [6.45, 7) is -0.325. The minimum Gasteiger partial charge on any atom is -0.466 e. The molecule has 12 heteroatoms. The SMILES string of the molecule is COC(=O)C1=C(C(=O)OC)N(c2ccc(Oc3c(F)cc(C(F)(F)F)cc3F)cc2)COC1. The van der Waals surface area contributed by atoms with Crippen LogP contribution in [0.4, 0.5) is 27.6 Å². The van der Waals surface area contributed by atoms with Gasteiger partial charge >= 0.3 is 18.1 Å². The molecule has 0 N–H and O–H groups in total. The van der Waals surface area contributed by atoms with E-state index in [4.69, 9.17) is 14.2 Å². The number of esters is 2. The molecule has 0 radical (unpaired) electrons. The van der Waals surface area contributed by atoms with Gasteiger partial charge in [0.25, 0.3) is 0 Å². The fourth-order valence-corrected chi connectivity index (χ4v) is 2.98. The van der Waals surface area contributed by atoms with Crippen molar-refractivity contribution in [1.82, 2.24) is 0 Å². The third-order valence-electron chi connectivity index (χ3n) is 4.53. The number of carbonyl (C=O) groups is 2. The topological polar surface area (TPSA) is 74.3 Å². The Bertz CT molecular complexity index is 1070. The van der Waals surface area contributed by atoms with Crippen LogP contribution in [-0.2, 0) is 30.0 Å². The number of rotatable bonds is 5. The molecule has 1 aliphatic rings. The molecule has 1 aliphatic heterocycles. The van der Waals surface area contributed by atoms with Gasteiger partial charge in [-0.05, 0) is 36.4 Å². The molecular weight excluding hydrogens is 457 g/mol. The largest absolute Gasteiger partial charge is 0.466 e. The number of alkyl halides is 3. The summed E-state index contributed by atoms with van der Waals surface area (Å²) in [5.41, 5.74) is -1.38. The Hall–Kier alpha value is -3.67. The summed E-state index contributed by atoms with van der Waals surface area (Å²) in [6.07, 6.45) is -4.92. The van der Waals surface area contributed by atoms with Crippen LogP contribution in [0.15, 0.2) is 47.7 Å². The van der Waals surface area contributed by atoms with Crippen LogP contribution in [0.2, 0.25) is 0 Å². The van der Waals surface area contributed by atoms with Crippen molar-refractivity contribution in [3.63, 3.8) is 0 Å². The molecule has 33 heavy (non-hydrogen) atoms. The van der Waals surface area contributed by atoms with Gasteiger partial charge in [0.15, 0.2) is 17.4 Å². The Kier molecular flexibility index (Phi) is 6.86. The lowest BCUT2D eigenvalue weighted by molar-refractivity contribution is -0.140. The van der Waals surface area contributed by atoms with Crippen molar-refractivity contribution in [3.8, 4) is 11.5 Å². The average molecular weight is 473 g/mol. The summed E-state index contributed by atoms with van der Waals surface area (Å²) in [5.74, 6) is -5.81. The highest BCUT2D eigenvalue weighted by Crippen LogP contribution is 2.36. The minimum atomic E-state index is -4.92. The summed E-state index contributed by atoms with van der Waals surface area (Å²) in [6, 6.07) is 5.52. The van der Waals surface area contributed by atoms with Crippen LogP contribution in [0, 0.1) is 11.6 Å². The van der Waals surface area contributed by atoms with Gasteiger partial charge in [-0.3, -0.25) is 0 Å². The molecule has 0 aromatic heterocycles. The van der Waals surface area contributed by atoms with Gasteiger partial charge in [0.1, 0.15) is 18.2 Å². The van der Waals surface area contributed by atoms with Crippen molar-refractivity contribution < 1.29 is 50.5 Å². The van der Waals surface area contributed by atoms with E-state index >= 15 is 0 Å². The molecule has 0 spiro atoms. The van der Waals surface area contributed by atoms with Crippen LogP contribution in [0.5, 0.6) is 11.5 Å². The quantitative estimate of drug-likeness (QED) is 0.477. The number of hydrogen-bond donors (Lipinski definition) is 0. The number of methoxy groups -OCH3 is 2. The smallest absolute Gasteiger partial charge is 0.416 e. The van der Waals surface area contributed by atoms with E-state index in [1.807, 2.05) is 0 Å². The molecule has 0 unspecified atom stereocenters. The van der Waals surface area contributed by atoms with Gasteiger partial charge in [0, 0.05) is 5.69 Å². The van der Waals surface area contributed by atoms with Gasteiger partial charge in [0.2, 0.25) is 0 Å². The Morgan fingerprint density at radius 3 is 2.06 bits per heavy atom. The summed E-state index contributed by atoms with van der Waals surface area (Å²) in [4.78, 5) is 25.6. The number of benzene rings is 2. The Balaban J connectivity index is 1.90. The molecule has 0 fully saturated rings. The van der Waals surface area contributed by atoms with Gasteiger partial charge in [0.05, 0.1) is 32.0 Å². The molecule has 3 rings (SSSR count). The van der Waals surface area contributed by atoms with Gasteiger partial charge in [-0.2, -0.15) is 13.2 Å². The first kappa shape index (κ1) is 24.0. The molecule has 0 saturated heterocycles. The highest BCUT2D eigenvalue weighted by Gasteiger charge is 2.34. The van der Waals surface area contributed by atoms with Crippen molar-refractivity contribution in [1.29, 1.82) is 0 Å². The molecule has 2 aromatic carbocycles. The van der Waals surface area contributed by atoms with Gasteiger partial charge in [-0.1, -0.05) is 0 Å². The van der Waals surface area contributed by atoms with Gasteiger partial charge in [-0.15, -0.1) is 0 Å². The highest BCUT2D eigenvalue weighted by atomic mass is 19.4. The van der Waals surface area contributed by atoms with Crippen molar-refractivity contribution >= 4 is 17.6 Å². The summed E-state index contributed by atoms with van der Waals surface area (Å²) >= 11 is 0. The van der Waals surface area contributed by atoms with E-state index < -0.39 is 41.1 Å². The van der Waals surface area contributed by atoms with Crippen LogP contribution in [-0.4, -0.2) is 39.5 Å². The van der Waals surface area contributed by atoms with Crippen LogP contribution in [0.25, 0.3) is 0 Å². The minimum absolute atomic E-state index is 0.0789. The van der Waals surface area contributed by atoms with Crippen LogP contribution >= 0.6 is 0 Å². The maximum Gasteiger partial charge on any atom is 0.416 e. The van der Waals surface area contributed by atoms with Crippen molar-refractivity contribution in [2.75, 3.05) is 32.5 Å². The number of carbonyl (C=O) groups excluding carboxylic acids is 2. The summed E-state index contributed by atoms with van der Waals surface area (Å²) in [7, 11) is 2.26. The fourth-order valence-electron chi connectivity index (χ4n) is 2.98. The third-order valence-corrected chi connectivity index (χ3v) is 4.53. The first-order valence-corrected chi connectivity index (χ1v) is 9.16. The fraction of sp³-hybridized carbons (Fsp3) is 0.238. The Morgan fingerprint density at radius 2 is 1.55 bits per heavy atom. The number of hydrogen-bond acceptors (Lipinski definition) is 7. The van der Waals surface area contributed by atoms with Crippen molar-refractivity contribution in [2.45, 2.75) is 6.18 Å². The summed E-state index contributed by atoms with van der Waals surface area (Å²) in [5, 5.41) is 0. The molecule has 0 saturated carbocycles. The standard InChI is InChI=1S/C21H16F5NO6/c1-30-19(28)14-9-32-10-27(17(14)20(29)31-2)12-3-5-13(6-4-12)33-18-15(22)7-11(8-16(18)23)21(24,25)26/h3-8H,9-10H2,1-2H3. The molecule has 176 valence electrons. The normalized spacial score (nSPS) is 14.2. The first-order valence-electron chi connectivity index (χ1n) is 9.16. The molecule has 0 atom stereocenters. The monoisotopic (exact) mass is 473 g/mol. The van der Waals surface area contributed by atoms with E-state index in [1.165, 1.54) is 29.2 Å². The number of anilines is 1. The van der Waals surface area contributed by atoms with Crippen LogP contribution in [0.1, 0.15) is 5.56 Å². The second kappa shape index (κ2) is 9.45. The Morgan fingerprint density at radius 1 is 0.970 bits per heavy atom. The van der Waals surface area contributed by atoms with Crippen molar-refractivity contribution in [2.24, 2.45) is 0 Å². The van der Waals surface area contributed by atoms with E-state index in [0.717, 1.165) is 14.2 Å². The van der Waals surface area contributed by atoms with Gasteiger partial charge in [-0.25, -0.2) is 18.4 Å². The first-order chi connectivity index (χ1) is 15.6. The molecule has 0 aliphatic carbocycles. The molecule has 0 bridgehead atoms. The number of halogens is 5. The molecule has 0 amide bonds. The number of ether oxygens (including phenoxy) is 4. The molecule has 1 heterocycles. The van der Waals surface area contributed by atoms with E-state index in [-0.39, 0.29) is 42.5 Å². The lowest BCUT2D eigenvalue weighted by Crippen LogP contribution is -2.38. The van der Waals surface area contributed by atoms with E-state index in [2.05, 4.69) is 4.74 Å². The number of nitrogens with zero attached hydrogens (tertiary/aromatic N) is 1. The molecular formula is C21H16F5NO6. The van der Waals surface area contributed by atoms with Gasteiger partial charge < -0.3 is 23.8 Å². The molecule has 7 nitrogen and oxygen atoms in total. The van der Waals surface area contributed by atoms with E-state index in [9.17, 15) is 31.5 Å². The van der Waals surface area contributed by atoms with Crippen LogP contribution in [0.3, 0.4) is 0 Å². The zero-order chi connectivity index (χ0) is 24.3. The second-order valence-electron chi connectivity index (χ2n) is 6.58. The lowest BCUT2D eigenvalue weighted by Gasteiger charge is -2.31. The average Bonchev–Trinajstić information content (AvgIpc) is 2.79. The lowest BCUT2D eigenvalue weighted by atomic mass is 10.1. The van der Waals surface area contributed by atoms with Crippen molar-refractivity contribution in [3.05, 3.63) is 64.9 Å². The zero-order valence-electron chi connectivity index (χ0n) is 17.2. The second-order valence-corrected chi connectivity index (χ2v) is 6.58. The van der Waals surface area contributed by atoms with Crippen LogP contribution < -0.4 is 9.64 Å². The van der Waals surface area contributed by atoms with E-state index in [1.54, 1.807) is 0 Å². The molecule has 2 aromatic rings. The Labute approximate surface area is 183 Å². The maximum atomic E-state index is 14.0. The zero-order valence-corrected chi connectivity index (χ0v) is 17.2. The maximum absolute atomic E-state index is 14.0. The predicted molar refractivity (Wildman–Crippen MR) is 102 cm³/mol. The predicted octanol–water partition coefficient (Wildman–Crippen LogP) is 4.17. The summed E-state index contributed by atoms with van der Waals surface area (Å²) < 4.78 is 85.9.